The van der Waals surface area contributed by atoms with Crippen LogP contribution in [-0.4, -0.2) is 32.3 Å². The molecule has 0 atom stereocenters. The molecule has 0 radical (unpaired) electrons. The molecule has 190 valence electrons. The van der Waals surface area contributed by atoms with Crippen LogP contribution in [0.25, 0.3) is 66.3 Å². The average Bonchev–Trinajstić information content (AvgIpc) is 3.54. The molecule has 0 N–H and O–H groups in total. The summed E-state index contributed by atoms with van der Waals surface area (Å²) in [4.78, 5) is 10.5. The highest BCUT2D eigenvalue weighted by molar-refractivity contribution is 6.11. The number of benzene rings is 5. The number of nitrogens with zero attached hydrogens (tertiary/aromatic N) is 4. The zero-order valence-corrected chi connectivity index (χ0v) is 21.4. The minimum atomic E-state index is 0.478. The molecule has 1 aliphatic heterocycles. The van der Waals surface area contributed by atoms with Crippen LogP contribution in [0.5, 0.6) is 11.5 Å². The molecular formula is C34H22N4O2. The van der Waals surface area contributed by atoms with Gasteiger partial charge in [-0.2, -0.15) is 4.98 Å². The lowest BCUT2D eigenvalue weighted by Crippen LogP contribution is -2.16. The molecule has 0 saturated heterocycles. The number of fused-ring (bicyclic) bond motifs is 9. The van der Waals surface area contributed by atoms with Gasteiger partial charge >= 0.3 is 0 Å². The Labute approximate surface area is 228 Å². The molecule has 0 spiro atoms. The Hall–Kier alpha value is -5.36. The van der Waals surface area contributed by atoms with Gasteiger partial charge in [-0.15, -0.1) is 0 Å². The molecule has 0 aliphatic carbocycles. The van der Waals surface area contributed by atoms with E-state index in [4.69, 9.17) is 19.4 Å². The van der Waals surface area contributed by atoms with E-state index in [1.807, 2.05) is 6.07 Å². The van der Waals surface area contributed by atoms with Gasteiger partial charge in [0.05, 0.1) is 22.1 Å². The standard InChI is InChI=1S/C34H22N4O2/c1-5-13-26-21(9-1)22-10-2-6-14-27(22)37(26)33-25-17-18-30-32(40-20-19-39-30)31(25)35-34(36-33)38-28-15-7-3-11-23(28)24-12-4-8-16-29(24)38/h1-18H,19-20H2. The molecule has 5 aromatic carbocycles. The van der Waals surface area contributed by atoms with Gasteiger partial charge in [-0.05, 0) is 36.4 Å². The van der Waals surface area contributed by atoms with Crippen LogP contribution in [0.2, 0.25) is 0 Å². The highest BCUT2D eigenvalue weighted by Crippen LogP contribution is 2.41. The monoisotopic (exact) mass is 518 g/mol. The van der Waals surface area contributed by atoms with Crippen LogP contribution in [0.3, 0.4) is 0 Å². The van der Waals surface area contributed by atoms with Crippen molar-refractivity contribution < 1.29 is 9.47 Å². The highest BCUT2D eigenvalue weighted by atomic mass is 16.6. The zero-order valence-electron chi connectivity index (χ0n) is 21.4. The van der Waals surface area contributed by atoms with Crippen molar-refractivity contribution >= 4 is 54.5 Å². The highest BCUT2D eigenvalue weighted by Gasteiger charge is 2.24. The summed E-state index contributed by atoms with van der Waals surface area (Å²) in [6, 6.07) is 37.8. The van der Waals surface area contributed by atoms with Gasteiger partial charge in [0.15, 0.2) is 17.3 Å². The second kappa shape index (κ2) is 8.07. The lowest BCUT2D eigenvalue weighted by molar-refractivity contribution is 0.173. The smallest absolute Gasteiger partial charge is 0.237 e. The molecular weight excluding hydrogens is 496 g/mol. The van der Waals surface area contributed by atoms with Crippen LogP contribution in [0.1, 0.15) is 0 Å². The summed E-state index contributed by atoms with van der Waals surface area (Å²) in [5.41, 5.74) is 5.02. The van der Waals surface area contributed by atoms with Gasteiger partial charge in [-0.25, -0.2) is 4.98 Å². The van der Waals surface area contributed by atoms with Crippen molar-refractivity contribution in [3.8, 4) is 23.3 Å². The SMILES string of the molecule is c1ccc2c(c1)c1ccccc1n2-c1nc(-n2c3ccccc3c3ccccc32)c2ccc3c(c2n1)OCCO3. The molecule has 9 rings (SSSR count). The first kappa shape index (κ1) is 21.6. The summed E-state index contributed by atoms with van der Waals surface area (Å²) in [6.07, 6.45) is 0. The van der Waals surface area contributed by atoms with E-state index in [1.54, 1.807) is 0 Å². The molecule has 0 saturated carbocycles. The minimum Gasteiger partial charge on any atom is -0.486 e. The third-order valence-corrected chi connectivity index (χ3v) is 7.91. The van der Waals surface area contributed by atoms with E-state index in [1.165, 1.54) is 10.8 Å². The molecule has 0 unspecified atom stereocenters. The van der Waals surface area contributed by atoms with E-state index in [0.29, 0.717) is 30.7 Å². The summed E-state index contributed by atoms with van der Waals surface area (Å²) in [5, 5.41) is 5.59. The van der Waals surface area contributed by atoms with E-state index >= 15 is 0 Å². The van der Waals surface area contributed by atoms with Gasteiger partial charge in [0.1, 0.15) is 18.7 Å². The van der Waals surface area contributed by atoms with Crippen molar-refractivity contribution in [2.75, 3.05) is 13.2 Å². The van der Waals surface area contributed by atoms with Crippen LogP contribution >= 0.6 is 0 Å². The van der Waals surface area contributed by atoms with E-state index in [-0.39, 0.29) is 0 Å². The summed E-state index contributed by atoms with van der Waals surface area (Å²) in [5.74, 6) is 2.76. The topological polar surface area (TPSA) is 54.1 Å². The first-order valence-electron chi connectivity index (χ1n) is 13.4. The van der Waals surface area contributed by atoms with Crippen LogP contribution in [-0.2, 0) is 0 Å². The van der Waals surface area contributed by atoms with Crippen molar-refractivity contribution in [1.82, 2.24) is 19.1 Å². The maximum absolute atomic E-state index is 6.20. The first-order chi connectivity index (χ1) is 19.9. The maximum atomic E-state index is 6.20. The summed E-state index contributed by atoms with van der Waals surface area (Å²) < 4.78 is 16.6. The molecule has 0 amide bonds. The predicted octanol–water partition coefficient (Wildman–Crippen LogP) is 7.60. The number of hydrogen-bond donors (Lipinski definition) is 0. The molecule has 0 fully saturated rings. The molecule has 6 nitrogen and oxygen atoms in total. The third kappa shape index (κ3) is 2.87. The number of rotatable bonds is 2. The van der Waals surface area contributed by atoms with Crippen LogP contribution in [0.15, 0.2) is 109 Å². The largest absolute Gasteiger partial charge is 0.486 e. The predicted molar refractivity (Wildman–Crippen MR) is 159 cm³/mol. The number of ether oxygens (including phenoxy) is 2. The number of aromatic nitrogens is 4. The minimum absolute atomic E-state index is 0.478. The Morgan fingerprint density at radius 2 is 0.975 bits per heavy atom. The van der Waals surface area contributed by atoms with Gasteiger partial charge in [-0.3, -0.25) is 9.13 Å². The second-order valence-electron chi connectivity index (χ2n) is 10.1. The third-order valence-electron chi connectivity index (χ3n) is 7.91. The Kier molecular flexibility index (Phi) is 4.35. The Bertz CT molecular complexity index is 2190. The zero-order chi connectivity index (χ0) is 26.2. The Balaban J connectivity index is 1.48. The van der Waals surface area contributed by atoms with Gasteiger partial charge in [0.25, 0.3) is 0 Å². The van der Waals surface area contributed by atoms with Crippen molar-refractivity contribution in [2.45, 2.75) is 0 Å². The van der Waals surface area contributed by atoms with E-state index < -0.39 is 0 Å². The van der Waals surface area contributed by atoms with E-state index in [2.05, 4.69) is 112 Å². The van der Waals surface area contributed by atoms with Gasteiger partial charge in [0, 0.05) is 26.9 Å². The van der Waals surface area contributed by atoms with Crippen molar-refractivity contribution in [2.24, 2.45) is 0 Å². The Morgan fingerprint density at radius 1 is 0.475 bits per heavy atom. The van der Waals surface area contributed by atoms with E-state index in [0.717, 1.165) is 49.6 Å². The first-order valence-corrected chi connectivity index (χ1v) is 13.4. The normalized spacial score (nSPS) is 13.2. The molecule has 4 heterocycles. The average molecular weight is 519 g/mol. The lowest BCUT2D eigenvalue weighted by Gasteiger charge is -2.21. The summed E-state index contributed by atoms with van der Waals surface area (Å²) >= 11 is 0. The fraction of sp³-hybridized carbons (Fsp3) is 0.0588. The van der Waals surface area contributed by atoms with Crippen molar-refractivity contribution in [3.05, 3.63) is 109 Å². The quantitative estimate of drug-likeness (QED) is 0.237. The maximum Gasteiger partial charge on any atom is 0.237 e. The number of hydrogen-bond acceptors (Lipinski definition) is 4. The molecule has 3 aromatic heterocycles. The van der Waals surface area contributed by atoms with Gasteiger partial charge in [0.2, 0.25) is 5.95 Å². The van der Waals surface area contributed by atoms with Crippen LogP contribution in [0, 0.1) is 0 Å². The molecule has 40 heavy (non-hydrogen) atoms. The van der Waals surface area contributed by atoms with E-state index in [9.17, 15) is 0 Å². The van der Waals surface area contributed by atoms with Crippen LogP contribution < -0.4 is 9.47 Å². The van der Waals surface area contributed by atoms with Gasteiger partial charge < -0.3 is 9.47 Å². The number of para-hydroxylation sites is 4. The van der Waals surface area contributed by atoms with Crippen molar-refractivity contribution in [1.29, 1.82) is 0 Å². The molecule has 0 bridgehead atoms. The summed E-state index contributed by atoms with van der Waals surface area (Å²) in [6.45, 7) is 0.995. The second-order valence-corrected chi connectivity index (χ2v) is 10.1. The summed E-state index contributed by atoms with van der Waals surface area (Å²) in [7, 11) is 0. The van der Waals surface area contributed by atoms with Crippen LogP contribution in [0.4, 0.5) is 0 Å². The van der Waals surface area contributed by atoms with Crippen molar-refractivity contribution in [3.63, 3.8) is 0 Å². The Morgan fingerprint density at radius 3 is 1.55 bits per heavy atom. The van der Waals surface area contributed by atoms with Gasteiger partial charge in [-0.1, -0.05) is 72.8 Å². The molecule has 1 aliphatic rings. The fourth-order valence-corrected chi connectivity index (χ4v) is 6.23. The molecule has 8 aromatic rings. The lowest BCUT2D eigenvalue weighted by atomic mass is 10.2. The fourth-order valence-electron chi connectivity index (χ4n) is 6.23. The molecule has 6 heteroatoms.